The summed E-state index contributed by atoms with van der Waals surface area (Å²) in [4.78, 5) is 8.91. The number of aryl methyl sites for hydroxylation is 2. The molecule has 0 aliphatic carbocycles. The Hall–Kier alpha value is -3.13. The molecule has 29 heavy (non-hydrogen) atoms. The van der Waals surface area contributed by atoms with Gasteiger partial charge in [0.1, 0.15) is 5.69 Å². The monoisotopic (exact) mass is 388 g/mol. The lowest BCUT2D eigenvalue weighted by atomic mass is 10.0. The van der Waals surface area contributed by atoms with Crippen LogP contribution >= 0.6 is 0 Å². The summed E-state index contributed by atoms with van der Waals surface area (Å²) in [6.07, 6.45) is 5.21. The minimum Gasteiger partial charge on any atom is -0.336 e. The van der Waals surface area contributed by atoms with E-state index >= 15 is 0 Å². The predicted molar refractivity (Wildman–Crippen MR) is 110 cm³/mol. The van der Waals surface area contributed by atoms with Gasteiger partial charge in [-0.05, 0) is 40.5 Å². The Balaban J connectivity index is 1.33. The Kier molecular flexibility index (Phi) is 4.77. The van der Waals surface area contributed by atoms with E-state index in [0.29, 0.717) is 0 Å². The zero-order valence-electron chi connectivity index (χ0n) is 15.7. The number of aromatic nitrogens is 3. The second kappa shape index (κ2) is 7.71. The lowest BCUT2D eigenvalue weighted by Gasteiger charge is -2.11. The van der Waals surface area contributed by atoms with Crippen LogP contribution in [0.4, 0.5) is 4.39 Å². The Morgan fingerprint density at radius 3 is 2.76 bits per heavy atom. The number of fused-ring (bicyclic) bond motifs is 1. The highest BCUT2D eigenvalue weighted by Crippen LogP contribution is 2.24. The van der Waals surface area contributed by atoms with Crippen LogP contribution in [0.3, 0.4) is 0 Å². The lowest BCUT2D eigenvalue weighted by molar-refractivity contribution is 0.272. The third-order valence-electron chi connectivity index (χ3n) is 5.29. The van der Waals surface area contributed by atoms with Gasteiger partial charge in [-0.25, -0.2) is 20.2 Å². The van der Waals surface area contributed by atoms with Gasteiger partial charge in [-0.3, -0.25) is 4.98 Å². The number of hydrazine groups is 2. The fraction of sp³-hybridized carbons (Fsp3) is 0.182. The van der Waals surface area contributed by atoms with Gasteiger partial charge in [-0.1, -0.05) is 42.5 Å². The number of imidazole rings is 1. The van der Waals surface area contributed by atoms with Gasteiger partial charge < -0.3 is 4.57 Å². The normalized spacial score (nSPS) is 19.1. The molecule has 7 heteroatoms. The number of benzene rings is 2. The molecule has 1 aliphatic rings. The van der Waals surface area contributed by atoms with Crippen LogP contribution in [0, 0.1) is 0 Å². The Morgan fingerprint density at radius 2 is 1.86 bits per heavy atom. The summed E-state index contributed by atoms with van der Waals surface area (Å²) in [5, 5.41) is 2.55. The minimum absolute atomic E-state index is 0.467. The van der Waals surface area contributed by atoms with Crippen LogP contribution in [-0.4, -0.2) is 20.8 Å². The van der Waals surface area contributed by atoms with Crippen LogP contribution in [0.2, 0.25) is 0 Å². The van der Waals surface area contributed by atoms with E-state index < -0.39 is 12.3 Å². The molecule has 2 atom stereocenters. The summed E-state index contributed by atoms with van der Waals surface area (Å²) in [7, 11) is 0. The van der Waals surface area contributed by atoms with Crippen molar-refractivity contribution < 1.29 is 4.39 Å². The molecule has 0 bridgehead atoms. The molecule has 1 saturated heterocycles. The van der Waals surface area contributed by atoms with Crippen molar-refractivity contribution in [2.45, 2.75) is 25.3 Å². The molecule has 6 nitrogen and oxygen atoms in total. The van der Waals surface area contributed by atoms with Crippen molar-refractivity contribution >= 4 is 10.8 Å². The van der Waals surface area contributed by atoms with Gasteiger partial charge in [-0.15, -0.1) is 0 Å². The number of nitrogens with zero attached hydrogens (tertiary/aromatic N) is 3. The molecule has 5 rings (SSSR count). The standard InChI is InChI=1S/C22H21FN6/c23-22-21(26-28-27-22)17-8-10-24-19(12-17)20-13-29(14-25-20)11-9-16-6-3-5-15-4-1-2-7-18(15)16/h1-8,10,12-14,21-22,26-28H,9,11H2. The maximum absolute atomic E-state index is 13.9. The van der Waals surface area contributed by atoms with Gasteiger partial charge in [0.2, 0.25) is 0 Å². The minimum atomic E-state index is -1.21. The largest absolute Gasteiger partial charge is 0.336 e. The van der Waals surface area contributed by atoms with Gasteiger partial charge in [0.25, 0.3) is 0 Å². The molecule has 0 saturated carbocycles. The number of hydrogen-bond acceptors (Lipinski definition) is 5. The van der Waals surface area contributed by atoms with Gasteiger partial charge in [0.15, 0.2) is 6.30 Å². The summed E-state index contributed by atoms with van der Waals surface area (Å²) >= 11 is 0. The highest BCUT2D eigenvalue weighted by atomic mass is 19.1. The summed E-state index contributed by atoms with van der Waals surface area (Å²) in [6, 6.07) is 18.1. The van der Waals surface area contributed by atoms with E-state index in [-0.39, 0.29) is 0 Å². The maximum Gasteiger partial charge on any atom is 0.185 e. The van der Waals surface area contributed by atoms with Crippen molar-refractivity contribution in [1.29, 1.82) is 0 Å². The fourth-order valence-corrected chi connectivity index (χ4v) is 3.75. The van der Waals surface area contributed by atoms with Crippen LogP contribution in [0.1, 0.15) is 17.2 Å². The average molecular weight is 388 g/mol. The fourth-order valence-electron chi connectivity index (χ4n) is 3.75. The van der Waals surface area contributed by atoms with E-state index in [2.05, 4.69) is 73.4 Å². The van der Waals surface area contributed by atoms with E-state index in [1.807, 2.05) is 18.6 Å². The molecule has 0 amide bonds. The molecular weight excluding hydrogens is 367 g/mol. The first kappa shape index (κ1) is 17.9. The molecular formula is C22H21FN6. The summed E-state index contributed by atoms with van der Waals surface area (Å²) in [6.45, 7) is 0.825. The second-order valence-corrected chi connectivity index (χ2v) is 7.15. The molecule has 0 spiro atoms. The van der Waals surface area contributed by atoms with Crippen LogP contribution in [0.5, 0.6) is 0 Å². The number of hydrogen-bond donors (Lipinski definition) is 3. The van der Waals surface area contributed by atoms with Crippen LogP contribution in [0.25, 0.3) is 22.2 Å². The molecule has 4 aromatic rings. The predicted octanol–water partition coefficient (Wildman–Crippen LogP) is 3.29. The molecule has 3 N–H and O–H groups in total. The number of nitrogens with one attached hydrogen (secondary N) is 3. The maximum atomic E-state index is 13.9. The highest BCUT2D eigenvalue weighted by Gasteiger charge is 2.27. The Morgan fingerprint density at radius 1 is 0.966 bits per heavy atom. The summed E-state index contributed by atoms with van der Waals surface area (Å²) in [5.41, 5.74) is 11.6. The molecule has 1 fully saturated rings. The third kappa shape index (κ3) is 3.63. The highest BCUT2D eigenvalue weighted by molar-refractivity contribution is 5.85. The number of rotatable bonds is 5. The second-order valence-electron chi connectivity index (χ2n) is 7.15. The van der Waals surface area contributed by atoms with Gasteiger partial charge in [0, 0.05) is 18.9 Å². The van der Waals surface area contributed by atoms with E-state index in [1.165, 1.54) is 16.3 Å². The Bertz CT molecular complexity index is 1140. The third-order valence-corrected chi connectivity index (χ3v) is 5.29. The molecule has 2 aromatic heterocycles. The summed E-state index contributed by atoms with van der Waals surface area (Å²) in [5.74, 6) is 0. The molecule has 1 aliphatic heterocycles. The molecule has 2 aromatic carbocycles. The van der Waals surface area contributed by atoms with Crippen LogP contribution in [0.15, 0.2) is 73.3 Å². The van der Waals surface area contributed by atoms with Crippen molar-refractivity contribution in [2.24, 2.45) is 0 Å². The quantitative estimate of drug-likeness (QED) is 0.458. The first-order valence-electron chi connectivity index (χ1n) is 9.63. The van der Waals surface area contributed by atoms with Crippen LogP contribution < -0.4 is 16.4 Å². The number of pyridine rings is 1. The topological polar surface area (TPSA) is 66.8 Å². The van der Waals surface area contributed by atoms with Crippen molar-refractivity contribution in [3.63, 3.8) is 0 Å². The van der Waals surface area contributed by atoms with Crippen molar-refractivity contribution in [3.8, 4) is 11.4 Å². The average Bonchev–Trinajstić information content (AvgIpc) is 3.41. The number of alkyl halides is 1. The van der Waals surface area contributed by atoms with Gasteiger partial charge in [0.05, 0.1) is 18.1 Å². The zero-order chi connectivity index (χ0) is 19.6. The molecule has 146 valence electrons. The van der Waals surface area contributed by atoms with Crippen molar-refractivity contribution in [2.75, 3.05) is 0 Å². The molecule has 3 heterocycles. The van der Waals surface area contributed by atoms with E-state index in [4.69, 9.17) is 0 Å². The number of halogens is 1. The SMILES string of the molecule is FC1NNNC1c1ccnc(-c2cn(CCc3cccc4ccccc34)cn2)c1. The molecule has 0 radical (unpaired) electrons. The van der Waals surface area contributed by atoms with Gasteiger partial charge in [-0.2, -0.15) is 5.53 Å². The first-order chi connectivity index (χ1) is 14.3. The zero-order valence-corrected chi connectivity index (χ0v) is 15.7. The van der Waals surface area contributed by atoms with E-state index in [9.17, 15) is 4.39 Å². The van der Waals surface area contributed by atoms with E-state index in [0.717, 1.165) is 29.9 Å². The van der Waals surface area contributed by atoms with Crippen LogP contribution in [-0.2, 0) is 13.0 Å². The molecule has 2 unspecified atom stereocenters. The van der Waals surface area contributed by atoms with Crippen molar-refractivity contribution in [1.82, 2.24) is 30.9 Å². The summed E-state index contributed by atoms with van der Waals surface area (Å²) < 4.78 is 16.0. The smallest absolute Gasteiger partial charge is 0.185 e. The van der Waals surface area contributed by atoms with Crippen molar-refractivity contribution in [3.05, 3.63) is 84.4 Å². The van der Waals surface area contributed by atoms with Gasteiger partial charge >= 0.3 is 0 Å². The lowest BCUT2D eigenvalue weighted by Crippen LogP contribution is -2.31. The van der Waals surface area contributed by atoms with E-state index in [1.54, 1.807) is 12.3 Å². The first-order valence-corrected chi connectivity index (χ1v) is 9.63. The Labute approximate surface area is 167 Å².